The molecule has 4 rings (SSSR count). The standard InChI is InChI=1S/C21H18N4O2.H2/c1-14-19(21-25-24-20(27-21)15-8-4-3-5-9-15)23-18(12-22-14)17-11-7-6-10-16(17)13-26-2;/h3-12H,13H2,1-2H3;1H. The van der Waals surface area contributed by atoms with Crippen molar-refractivity contribution in [3.05, 3.63) is 72.1 Å². The third kappa shape index (κ3) is 3.47. The molecule has 0 unspecified atom stereocenters. The van der Waals surface area contributed by atoms with E-state index in [0.29, 0.717) is 24.1 Å². The van der Waals surface area contributed by atoms with Gasteiger partial charge in [0.25, 0.3) is 5.89 Å². The monoisotopic (exact) mass is 360 g/mol. The van der Waals surface area contributed by atoms with E-state index in [-0.39, 0.29) is 1.43 Å². The molecule has 2 aromatic carbocycles. The van der Waals surface area contributed by atoms with Crippen LogP contribution in [0, 0.1) is 6.92 Å². The van der Waals surface area contributed by atoms with Gasteiger partial charge in [0.2, 0.25) is 5.89 Å². The highest BCUT2D eigenvalue weighted by Crippen LogP contribution is 2.28. The summed E-state index contributed by atoms with van der Waals surface area (Å²) in [6, 6.07) is 17.6. The average Bonchev–Trinajstić information content (AvgIpc) is 3.20. The topological polar surface area (TPSA) is 73.9 Å². The van der Waals surface area contributed by atoms with Crippen LogP contribution in [0.4, 0.5) is 0 Å². The van der Waals surface area contributed by atoms with Gasteiger partial charge in [-0.15, -0.1) is 10.2 Å². The van der Waals surface area contributed by atoms with Gasteiger partial charge in [-0.3, -0.25) is 4.98 Å². The lowest BCUT2D eigenvalue weighted by atomic mass is 10.1. The van der Waals surface area contributed by atoms with Crippen LogP contribution in [0.3, 0.4) is 0 Å². The number of hydrogen-bond donors (Lipinski definition) is 0. The van der Waals surface area contributed by atoms with E-state index in [0.717, 1.165) is 28.1 Å². The molecular weight excluding hydrogens is 340 g/mol. The summed E-state index contributed by atoms with van der Waals surface area (Å²) in [5.74, 6) is 0.807. The van der Waals surface area contributed by atoms with Crippen molar-refractivity contribution in [1.29, 1.82) is 0 Å². The molecule has 0 saturated heterocycles. The fourth-order valence-corrected chi connectivity index (χ4v) is 2.85. The first kappa shape index (κ1) is 17.1. The van der Waals surface area contributed by atoms with Crippen molar-refractivity contribution in [2.24, 2.45) is 0 Å². The summed E-state index contributed by atoms with van der Waals surface area (Å²) in [5, 5.41) is 8.32. The van der Waals surface area contributed by atoms with E-state index in [1.807, 2.05) is 61.5 Å². The quantitative estimate of drug-likeness (QED) is 0.519. The molecule has 0 N–H and O–H groups in total. The van der Waals surface area contributed by atoms with E-state index < -0.39 is 0 Å². The molecule has 0 aliphatic heterocycles. The van der Waals surface area contributed by atoms with Crippen molar-refractivity contribution in [1.82, 2.24) is 20.2 Å². The van der Waals surface area contributed by atoms with Gasteiger partial charge in [0.05, 0.1) is 24.2 Å². The fraction of sp³-hybridized carbons (Fsp3) is 0.143. The lowest BCUT2D eigenvalue weighted by Gasteiger charge is -2.09. The molecule has 0 amide bonds. The molecule has 0 bridgehead atoms. The van der Waals surface area contributed by atoms with E-state index in [2.05, 4.69) is 15.2 Å². The van der Waals surface area contributed by atoms with Gasteiger partial charge in [0.15, 0.2) is 0 Å². The summed E-state index contributed by atoms with van der Waals surface area (Å²) in [6.07, 6.45) is 1.75. The molecule has 0 fully saturated rings. The van der Waals surface area contributed by atoms with Crippen LogP contribution in [0.1, 0.15) is 12.7 Å². The van der Waals surface area contributed by atoms with Crippen molar-refractivity contribution in [2.45, 2.75) is 13.5 Å². The first-order chi connectivity index (χ1) is 13.3. The van der Waals surface area contributed by atoms with Crippen molar-refractivity contribution < 1.29 is 10.6 Å². The highest BCUT2D eigenvalue weighted by Gasteiger charge is 2.17. The van der Waals surface area contributed by atoms with Gasteiger partial charge in [-0.2, -0.15) is 0 Å². The Morgan fingerprint density at radius 3 is 2.52 bits per heavy atom. The summed E-state index contributed by atoms with van der Waals surface area (Å²) in [6.45, 7) is 2.37. The largest absolute Gasteiger partial charge is 0.415 e. The van der Waals surface area contributed by atoms with Crippen LogP contribution in [0.15, 0.2) is 65.2 Å². The Labute approximate surface area is 158 Å². The lowest BCUT2D eigenvalue weighted by Crippen LogP contribution is -1.98. The molecule has 0 spiro atoms. The molecule has 2 aromatic heterocycles. The zero-order valence-corrected chi connectivity index (χ0v) is 15.1. The minimum Gasteiger partial charge on any atom is -0.415 e. The van der Waals surface area contributed by atoms with Gasteiger partial charge < -0.3 is 9.15 Å². The number of benzene rings is 2. The lowest BCUT2D eigenvalue weighted by molar-refractivity contribution is 0.185. The van der Waals surface area contributed by atoms with Gasteiger partial charge in [-0.25, -0.2) is 4.98 Å². The molecule has 0 aliphatic carbocycles. The minimum atomic E-state index is 0. The maximum atomic E-state index is 5.86. The zero-order valence-electron chi connectivity index (χ0n) is 15.1. The second kappa shape index (κ2) is 7.47. The number of hydrogen-bond acceptors (Lipinski definition) is 6. The van der Waals surface area contributed by atoms with Crippen molar-refractivity contribution in [2.75, 3.05) is 7.11 Å². The second-order valence-electron chi connectivity index (χ2n) is 6.06. The van der Waals surface area contributed by atoms with Gasteiger partial charge in [-0.05, 0) is 24.6 Å². The van der Waals surface area contributed by atoms with Crippen LogP contribution in [0.2, 0.25) is 0 Å². The summed E-state index contributed by atoms with van der Waals surface area (Å²) in [7, 11) is 1.67. The van der Waals surface area contributed by atoms with Gasteiger partial charge >= 0.3 is 0 Å². The predicted molar refractivity (Wildman–Crippen MR) is 104 cm³/mol. The number of aryl methyl sites for hydroxylation is 1. The maximum Gasteiger partial charge on any atom is 0.268 e. The predicted octanol–water partition coefficient (Wildman–Crippen LogP) is 4.56. The molecule has 2 heterocycles. The van der Waals surface area contributed by atoms with Crippen LogP contribution < -0.4 is 0 Å². The first-order valence-corrected chi connectivity index (χ1v) is 8.56. The highest BCUT2D eigenvalue weighted by molar-refractivity contribution is 5.66. The Hall–Kier alpha value is -3.38. The first-order valence-electron chi connectivity index (χ1n) is 8.56. The summed E-state index contributed by atoms with van der Waals surface area (Å²) >= 11 is 0. The number of rotatable bonds is 5. The molecule has 0 radical (unpaired) electrons. The molecule has 27 heavy (non-hydrogen) atoms. The van der Waals surface area contributed by atoms with Crippen molar-refractivity contribution >= 4 is 0 Å². The normalized spacial score (nSPS) is 10.9. The van der Waals surface area contributed by atoms with Crippen molar-refractivity contribution in [3.8, 4) is 34.3 Å². The summed E-state index contributed by atoms with van der Waals surface area (Å²) < 4.78 is 11.1. The molecule has 136 valence electrons. The van der Waals surface area contributed by atoms with E-state index >= 15 is 0 Å². The van der Waals surface area contributed by atoms with Gasteiger partial charge in [0, 0.05) is 19.7 Å². The Bertz CT molecular complexity index is 1070. The molecule has 0 atom stereocenters. The Morgan fingerprint density at radius 2 is 1.70 bits per heavy atom. The van der Waals surface area contributed by atoms with Crippen LogP contribution in [0.25, 0.3) is 34.3 Å². The SMILES string of the molecule is COCc1ccccc1-c1cnc(C)c(-c2nnc(-c3ccccc3)o2)n1.[HH]. The fourth-order valence-electron chi connectivity index (χ4n) is 2.85. The number of aromatic nitrogens is 4. The summed E-state index contributed by atoms with van der Waals surface area (Å²) in [5.41, 5.74) is 4.92. The number of ether oxygens (including phenoxy) is 1. The van der Waals surface area contributed by atoms with Gasteiger partial charge in [-0.1, -0.05) is 42.5 Å². The molecule has 0 saturated carbocycles. The minimum absolute atomic E-state index is 0. The molecular formula is C21H20N4O2. The Kier molecular flexibility index (Phi) is 4.72. The summed E-state index contributed by atoms with van der Waals surface area (Å²) in [4.78, 5) is 9.23. The molecule has 6 nitrogen and oxygen atoms in total. The number of methoxy groups -OCH3 is 1. The zero-order chi connectivity index (χ0) is 18.6. The van der Waals surface area contributed by atoms with Crippen LogP contribution in [-0.2, 0) is 11.3 Å². The smallest absolute Gasteiger partial charge is 0.268 e. The average molecular weight is 360 g/mol. The Morgan fingerprint density at radius 1 is 0.963 bits per heavy atom. The van der Waals surface area contributed by atoms with E-state index in [9.17, 15) is 0 Å². The highest BCUT2D eigenvalue weighted by atomic mass is 16.5. The van der Waals surface area contributed by atoms with Crippen LogP contribution in [0.5, 0.6) is 0 Å². The van der Waals surface area contributed by atoms with Crippen molar-refractivity contribution in [3.63, 3.8) is 0 Å². The third-order valence-electron chi connectivity index (χ3n) is 4.20. The van der Waals surface area contributed by atoms with Crippen LogP contribution in [-0.4, -0.2) is 27.3 Å². The van der Waals surface area contributed by atoms with E-state index in [4.69, 9.17) is 14.1 Å². The van der Waals surface area contributed by atoms with E-state index in [1.54, 1.807) is 13.3 Å². The molecule has 0 aliphatic rings. The van der Waals surface area contributed by atoms with Crippen LogP contribution >= 0.6 is 0 Å². The van der Waals surface area contributed by atoms with Gasteiger partial charge in [0.1, 0.15) is 5.69 Å². The molecule has 6 heteroatoms. The third-order valence-corrected chi connectivity index (χ3v) is 4.20. The van der Waals surface area contributed by atoms with E-state index in [1.165, 1.54) is 0 Å². The second-order valence-corrected chi connectivity index (χ2v) is 6.06. The molecule has 4 aromatic rings. The Balaban J connectivity index is 0.00000225. The number of nitrogens with zero attached hydrogens (tertiary/aromatic N) is 4. The maximum absolute atomic E-state index is 5.86.